The summed E-state index contributed by atoms with van der Waals surface area (Å²) < 4.78 is 1.55. The Kier molecular flexibility index (Phi) is 3.81. The van der Waals surface area contributed by atoms with E-state index in [2.05, 4.69) is 5.32 Å². The molecule has 3 rings (SSSR count). The van der Waals surface area contributed by atoms with Crippen molar-refractivity contribution in [3.05, 3.63) is 68.6 Å². The lowest BCUT2D eigenvalue weighted by atomic mass is 10.1. The summed E-state index contributed by atoms with van der Waals surface area (Å²) >= 11 is 1.60. The Bertz CT molecular complexity index is 881. The molecule has 0 radical (unpaired) electrons. The molecule has 112 valence electrons. The Balaban J connectivity index is 2.01. The van der Waals surface area contributed by atoms with Gasteiger partial charge in [-0.05, 0) is 24.4 Å². The van der Waals surface area contributed by atoms with E-state index < -0.39 is 0 Å². The summed E-state index contributed by atoms with van der Waals surface area (Å²) in [5.41, 5.74) is 0.985. The molecule has 1 aromatic carbocycles. The SMILES string of the molecule is CC(NC(=O)c1cc(=O)n(C)c2ccccc12)c1cccs1. The first-order valence-electron chi connectivity index (χ1n) is 7.01. The van der Waals surface area contributed by atoms with E-state index in [0.29, 0.717) is 5.56 Å². The van der Waals surface area contributed by atoms with Crippen molar-refractivity contribution in [3.63, 3.8) is 0 Å². The summed E-state index contributed by atoms with van der Waals surface area (Å²) in [7, 11) is 1.71. The smallest absolute Gasteiger partial charge is 0.252 e. The molecular weight excluding hydrogens is 296 g/mol. The Morgan fingerprint density at radius 1 is 1.23 bits per heavy atom. The number of carbonyl (C=O) groups is 1. The molecule has 1 atom stereocenters. The lowest BCUT2D eigenvalue weighted by Gasteiger charge is -2.14. The minimum absolute atomic E-state index is 0.0877. The Hall–Kier alpha value is -2.40. The fraction of sp³-hybridized carbons (Fsp3) is 0.176. The number of pyridine rings is 1. The monoisotopic (exact) mass is 312 g/mol. The Labute approximate surface area is 132 Å². The van der Waals surface area contributed by atoms with Crippen molar-refractivity contribution in [3.8, 4) is 0 Å². The zero-order chi connectivity index (χ0) is 15.7. The van der Waals surface area contributed by atoms with E-state index in [1.807, 2.05) is 48.7 Å². The third kappa shape index (κ3) is 2.55. The zero-order valence-corrected chi connectivity index (χ0v) is 13.2. The van der Waals surface area contributed by atoms with Crippen molar-refractivity contribution in [1.82, 2.24) is 9.88 Å². The molecule has 0 spiro atoms. The third-order valence-electron chi connectivity index (χ3n) is 3.72. The van der Waals surface area contributed by atoms with Crippen LogP contribution in [0.2, 0.25) is 0 Å². The first kappa shape index (κ1) is 14.5. The molecule has 0 saturated heterocycles. The minimum Gasteiger partial charge on any atom is -0.345 e. The van der Waals surface area contributed by atoms with Crippen molar-refractivity contribution in [2.75, 3.05) is 0 Å². The number of aromatic nitrogens is 1. The molecule has 3 aromatic rings. The lowest BCUT2D eigenvalue weighted by Crippen LogP contribution is -2.28. The molecular formula is C17H16N2O2S. The highest BCUT2D eigenvalue weighted by atomic mass is 32.1. The fourth-order valence-electron chi connectivity index (χ4n) is 2.48. The van der Waals surface area contributed by atoms with E-state index in [4.69, 9.17) is 0 Å². The van der Waals surface area contributed by atoms with Crippen molar-refractivity contribution < 1.29 is 4.79 Å². The molecule has 0 aliphatic heterocycles. The van der Waals surface area contributed by atoms with Gasteiger partial charge in [0.15, 0.2) is 0 Å². The number of thiophene rings is 1. The van der Waals surface area contributed by atoms with Crippen LogP contribution in [0, 0.1) is 0 Å². The second kappa shape index (κ2) is 5.77. The predicted molar refractivity (Wildman–Crippen MR) is 89.4 cm³/mol. The maximum Gasteiger partial charge on any atom is 0.252 e. The quantitative estimate of drug-likeness (QED) is 0.808. The van der Waals surface area contributed by atoms with Gasteiger partial charge >= 0.3 is 0 Å². The van der Waals surface area contributed by atoms with Crippen molar-refractivity contribution >= 4 is 28.1 Å². The van der Waals surface area contributed by atoms with Crippen LogP contribution in [-0.4, -0.2) is 10.5 Å². The third-order valence-corrected chi connectivity index (χ3v) is 4.77. The standard InChI is InChI=1S/C17H16N2O2S/c1-11(15-8-5-9-22-15)18-17(21)13-10-16(20)19(2)14-7-4-3-6-12(13)14/h3-11H,1-2H3,(H,18,21). The van der Waals surface area contributed by atoms with Crippen LogP contribution < -0.4 is 10.9 Å². The number of aryl methyl sites for hydroxylation is 1. The highest BCUT2D eigenvalue weighted by molar-refractivity contribution is 7.10. The molecule has 0 bridgehead atoms. The summed E-state index contributed by atoms with van der Waals surface area (Å²) in [6, 6.07) is 12.7. The zero-order valence-electron chi connectivity index (χ0n) is 12.4. The van der Waals surface area contributed by atoms with Crippen LogP contribution in [0.5, 0.6) is 0 Å². The van der Waals surface area contributed by atoms with Gasteiger partial charge < -0.3 is 9.88 Å². The van der Waals surface area contributed by atoms with Crippen LogP contribution in [-0.2, 0) is 7.05 Å². The van der Waals surface area contributed by atoms with E-state index >= 15 is 0 Å². The van der Waals surface area contributed by atoms with Gasteiger partial charge in [-0.2, -0.15) is 0 Å². The molecule has 2 heterocycles. The summed E-state index contributed by atoms with van der Waals surface area (Å²) in [4.78, 5) is 25.7. The molecule has 4 nitrogen and oxygen atoms in total. The van der Waals surface area contributed by atoms with E-state index in [1.165, 1.54) is 6.07 Å². The van der Waals surface area contributed by atoms with E-state index in [-0.39, 0.29) is 17.5 Å². The van der Waals surface area contributed by atoms with Crippen LogP contribution in [0.1, 0.15) is 28.2 Å². The second-order valence-corrected chi connectivity index (χ2v) is 6.16. The second-order valence-electron chi connectivity index (χ2n) is 5.18. The number of hydrogen-bond donors (Lipinski definition) is 1. The van der Waals surface area contributed by atoms with Crippen LogP contribution in [0.25, 0.3) is 10.9 Å². The van der Waals surface area contributed by atoms with Gasteiger partial charge in [-0.15, -0.1) is 11.3 Å². The number of nitrogens with zero attached hydrogens (tertiary/aromatic N) is 1. The van der Waals surface area contributed by atoms with Gasteiger partial charge in [0.05, 0.1) is 17.1 Å². The van der Waals surface area contributed by atoms with Gasteiger partial charge in [0, 0.05) is 23.4 Å². The predicted octanol–water partition coefficient (Wildman–Crippen LogP) is 3.09. The normalized spacial score (nSPS) is 12.3. The van der Waals surface area contributed by atoms with E-state index in [1.54, 1.807) is 23.0 Å². The molecule has 0 aliphatic carbocycles. The molecule has 22 heavy (non-hydrogen) atoms. The summed E-state index contributed by atoms with van der Waals surface area (Å²) in [5.74, 6) is -0.227. The lowest BCUT2D eigenvalue weighted by molar-refractivity contribution is 0.0942. The van der Waals surface area contributed by atoms with E-state index in [0.717, 1.165) is 15.8 Å². The van der Waals surface area contributed by atoms with Crippen molar-refractivity contribution in [1.29, 1.82) is 0 Å². The summed E-state index contributed by atoms with van der Waals surface area (Å²) in [6.45, 7) is 1.94. The van der Waals surface area contributed by atoms with Crippen molar-refractivity contribution in [2.24, 2.45) is 7.05 Å². The number of hydrogen-bond acceptors (Lipinski definition) is 3. The fourth-order valence-corrected chi connectivity index (χ4v) is 3.22. The topological polar surface area (TPSA) is 51.1 Å². The molecule has 5 heteroatoms. The van der Waals surface area contributed by atoms with Crippen LogP contribution >= 0.6 is 11.3 Å². The maximum atomic E-state index is 12.6. The molecule has 1 amide bonds. The highest BCUT2D eigenvalue weighted by Crippen LogP contribution is 2.20. The van der Waals surface area contributed by atoms with E-state index in [9.17, 15) is 9.59 Å². The summed E-state index contributed by atoms with van der Waals surface area (Å²) in [5, 5.41) is 5.72. The average molecular weight is 312 g/mol. The van der Waals surface area contributed by atoms with Crippen LogP contribution in [0.3, 0.4) is 0 Å². The maximum absolute atomic E-state index is 12.6. The number of rotatable bonds is 3. The van der Waals surface area contributed by atoms with Gasteiger partial charge in [-0.1, -0.05) is 24.3 Å². The van der Waals surface area contributed by atoms with Gasteiger partial charge in [0.1, 0.15) is 0 Å². The van der Waals surface area contributed by atoms with Gasteiger partial charge in [-0.25, -0.2) is 0 Å². The largest absolute Gasteiger partial charge is 0.345 e. The van der Waals surface area contributed by atoms with Crippen molar-refractivity contribution in [2.45, 2.75) is 13.0 Å². The Morgan fingerprint density at radius 3 is 2.73 bits per heavy atom. The molecule has 0 saturated carbocycles. The van der Waals surface area contributed by atoms with Gasteiger partial charge in [-0.3, -0.25) is 9.59 Å². The molecule has 1 unspecified atom stereocenters. The number of amides is 1. The van der Waals surface area contributed by atoms with Gasteiger partial charge in [0.25, 0.3) is 11.5 Å². The highest BCUT2D eigenvalue weighted by Gasteiger charge is 2.16. The van der Waals surface area contributed by atoms with Gasteiger partial charge in [0.2, 0.25) is 0 Å². The molecule has 2 aromatic heterocycles. The summed E-state index contributed by atoms with van der Waals surface area (Å²) in [6.07, 6.45) is 0. The Morgan fingerprint density at radius 2 is 2.00 bits per heavy atom. The minimum atomic E-state index is -0.227. The number of fused-ring (bicyclic) bond motifs is 1. The van der Waals surface area contributed by atoms with Crippen LogP contribution in [0.4, 0.5) is 0 Å². The molecule has 1 N–H and O–H groups in total. The number of carbonyl (C=O) groups excluding carboxylic acids is 1. The first-order valence-corrected chi connectivity index (χ1v) is 7.89. The number of para-hydroxylation sites is 1. The number of nitrogens with one attached hydrogen (secondary N) is 1. The number of benzene rings is 1. The first-order chi connectivity index (χ1) is 10.6. The molecule has 0 fully saturated rings. The average Bonchev–Trinajstić information content (AvgIpc) is 3.05. The van der Waals surface area contributed by atoms with Crippen LogP contribution in [0.15, 0.2) is 52.6 Å². The molecule has 0 aliphatic rings.